The van der Waals surface area contributed by atoms with Gasteiger partial charge in [-0.1, -0.05) is 12.1 Å². The van der Waals surface area contributed by atoms with Crippen LogP contribution < -0.4 is 0 Å². The van der Waals surface area contributed by atoms with Gasteiger partial charge in [-0.25, -0.2) is 13.8 Å². The predicted octanol–water partition coefficient (Wildman–Crippen LogP) is 5.15. The van der Waals surface area contributed by atoms with Crippen LogP contribution in [0.25, 0.3) is 22.9 Å². The highest BCUT2D eigenvalue weighted by Crippen LogP contribution is 2.27. The number of hydrogen-bond acceptors (Lipinski definition) is 3. The van der Waals surface area contributed by atoms with Crippen LogP contribution >= 0.6 is 11.3 Å². The van der Waals surface area contributed by atoms with E-state index in [2.05, 4.69) is 11.1 Å². The third-order valence-corrected chi connectivity index (χ3v) is 4.05. The van der Waals surface area contributed by atoms with Crippen molar-refractivity contribution in [2.24, 2.45) is 0 Å². The molecule has 0 bridgehead atoms. The Morgan fingerprint density at radius 3 is 2.22 bits per heavy atom. The van der Waals surface area contributed by atoms with E-state index in [0.717, 1.165) is 11.1 Å². The van der Waals surface area contributed by atoms with Crippen molar-refractivity contribution < 1.29 is 8.78 Å². The first-order chi connectivity index (χ1) is 11.2. The Hall–Kier alpha value is -2.84. The summed E-state index contributed by atoms with van der Waals surface area (Å²) in [5.74, 6) is -0.633. The molecule has 0 aliphatic heterocycles. The molecule has 2 aromatic carbocycles. The van der Waals surface area contributed by atoms with Gasteiger partial charge in [-0.3, -0.25) is 0 Å². The molecular formula is C18H10F2N2S. The number of allylic oxidation sites excluding steroid dienone is 1. The zero-order chi connectivity index (χ0) is 16.2. The van der Waals surface area contributed by atoms with E-state index in [9.17, 15) is 14.0 Å². The Morgan fingerprint density at radius 2 is 1.61 bits per heavy atom. The Bertz CT molecular complexity index is 888. The second-order valence-corrected chi connectivity index (χ2v) is 5.62. The number of thiazole rings is 1. The number of nitriles is 1. The molecule has 0 saturated carbocycles. The van der Waals surface area contributed by atoms with Gasteiger partial charge in [0.2, 0.25) is 0 Å². The maximum absolute atomic E-state index is 13.0. The summed E-state index contributed by atoms with van der Waals surface area (Å²) >= 11 is 1.33. The number of hydrogen-bond donors (Lipinski definition) is 0. The minimum atomic E-state index is -0.325. The monoisotopic (exact) mass is 324 g/mol. The molecule has 1 heterocycles. The van der Waals surface area contributed by atoms with Gasteiger partial charge in [0.15, 0.2) is 0 Å². The molecule has 0 spiro atoms. The van der Waals surface area contributed by atoms with E-state index in [-0.39, 0.29) is 11.6 Å². The van der Waals surface area contributed by atoms with E-state index in [0.29, 0.717) is 16.3 Å². The quantitative estimate of drug-likeness (QED) is 0.625. The van der Waals surface area contributed by atoms with Crippen LogP contribution in [0.4, 0.5) is 8.78 Å². The van der Waals surface area contributed by atoms with Gasteiger partial charge in [0, 0.05) is 10.9 Å². The van der Waals surface area contributed by atoms with Gasteiger partial charge in [-0.05, 0) is 48.0 Å². The van der Waals surface area contributed by atoms with Crippen LogP contribution in [-0.4, -0.2) is 4.98 Å². The highest BCUT2D eigenvalue weighted by Gasteiger charge is 2.09. The molecule has 0 fully saturated rings. The minimum absolute atomic E-state index is 0.307. The van der Waals surface area contributed by atoms with Crippen LogP contribution in [0.15, 0.2) is 53.9 Å². The third-order valence-electron chi connectivity index (χ3n) is 3.18. The maximum atomic E-state index is 13.0. The van der Waals surface area contributed by atoms with Crippen LogP contribution in [0.3, 0.4) is 0 Å². The third kappa shape index (κ3) is 3.50. The van der Waals surface area contributed by atoms with Crippen LogP contribution in [0, 0.1) is 23.0 Å². The van der Waals surface area contributed by atoms with Crippen LogP contribution in [-0.2, 0) is 0 Å². The number of halogens is 2. The second kappa shape index (κ2) is 6.51. The normalized spacial score (nSPS) is 11.3. The summed E-state index contributed by atoms with van der Waals surface area (Å²) in [5, 5.41) is 11.7. The number of rotatable bonds is 3. The fourth-order valence-corrected chi connectivity index (χ4v) is 2.81. The maximum Gasteiger partial charge on any atom is 0.134 e. The molecule has 1 aromatic heterocycles. The van der Waals surface area contributed by atoms with Crippen molar-refractivity contribution in [3.05, 3.63) is 76.1 Å². The highest BCUT2D eigenvalue weighted by atomic mass is 32.1. The van der Waals surface area contributed by atoms with E-state index < -0.39 is 0 Å². The van der Waals surface area contributed by atoms with Crippen molar-refractivity contribution in [3.8, 4) is 17.3 Å². The van der Waals surface area contributed by atoms with E-state index in [1.165, 1.54) is 35.6 Å². The summed E-state index contributed by atoms with van der Waals surface area (Å²) in [6.07, 6.45) is 1.66. The molecule has 0 saturated heterocycles. The first kappa shape index (κ1) is 15.1. The van der Waals surface area contributed by atoms with Gasteiger partial charge in [-0.2, -0.15) is 5.26 Å². The molecule has 5 heteroatoms. The minimum Gasteiger partial charge on any atom is -0.235 e. The van der Waals surface area contributed by atoms with Gasteiger partial charge >= 0.3 is 0 Å². The molecule has 0 amide bonds. The molecule has 0 N–H and O–H groups in total. The molecule has 0 aliphatic rings. The van der Waals surface area contributed by atoms with Crippen molar-refractivity contribution in [2.75, 3.05) is 0 Å². The summed E-state index contributed by atoms with van der Waals surface area (Å²) < 4.78 is 25.9. The second-order valence-electron chi connectivity index (χ2n) is 4.77. The van der Waals surface area contributed by atoms with Crippen molar-refractivity contribution in [1.29, 1.82) is 5.26 Å². The van der Waals surface area contributed by atoms with E-state index in [1.54, 1.807) is 30.3 Å². The largest absolute Gasteiger partial charge is 0.235 e. The van der Waals surface area contributed by atoms with Crippen molar-refractivity contribution in [1.82, 2.24) is 4.98 Å². The van der Waals surface area contributed by atoms with Gasteiger partial charge in [0.1, 0.15) is 22.7 Å². The summed E-state index contributed by atoms with van der Waals surface area (Å²) in [4.78, 5) is 4.43. The summed E-state index contributed by atoms with van der Waals surface area (Å²) in [5.41, 5.74) is 2.59. The van der Waals surface area contributed by atoms with Crippen molar-refractivity contribution >= 4 is 23.0 Å². The molecule has 3 rings (SSSR count). The lowest BCUT2D eigenvalue weighted by Crippen LogP contribution is -1.83. The average Bonchev–Trinajstić information content (AvgIpc) is 3.05. The zero-order valence-electron chi connectivity index (χ0n) is 11.8. The fraction of sp³-hybridized carbons (Fsp3) is 0. The molecule has 0 aliphatic carbocycles. The molecule has 0 radical (unpaired) electrons. The van der Waals surface area contributed by atoms with Crippen LogP contribution in [0.5, 0.6) is 0 Å². The number of benzene rings is 2. The average molecular weight is 324 g/mol. The molecule has 0 unspecified atom stereocenters. The molecule has 0 atom stereocenters. The fourth-order valence-electron chi connectivity index (χ4n) is 2.02. The van der Waals surface area contributed by atoms with Gasteiger partial charge in [0.25, 0.3) is 0 Å². The van der Waals surface area contributed by atoms with Crippen LogP contribution in [0.1, 0.15) is 10.6 Å². The predicted molar refractivity (Wildman–Crippen MR) is 87.4 cm³/mol. The molecule has 3 aromatic rings. The lowest BCUT2D eigenvalue weighted by molar-refractivity contribution is 0.627. The Kier molecular flexibility index (Phi) is 4.26. The smallest absolute Gasteiger partial charge is 0.134 e. The standard InChI is InChI=1S/C18H10F2N2S/c19-15-5-1-12(2-6-15)9-14(10-21)18-22-17(11-23-18)13-3-7-16(20)8-4-13/h1-9,11H. The Labute approximate surface area is 136 Å². The Balaban J connectivity index is 1.92. The summed E-state index contributed by atoms with van der Waals surface area (Å²) in [7, 11) is 0. The lowest BCUT2D eigenvalue weighted by atomic mass is 10.1. The summed E-state index contributed by atoms with van der Waals surface area (Å²) in [6, 6.07) is 14.0. The van der Waals surface area contributed by atoms with E-state index in [4.69, 9.17) is 0 Å². The number of nitrogens with zero attached hydrogens (tertiary/aromatic N) is 2. The van der Waals surface area contributed by atoms with E-state index in [1.807, 2.05) is 5.38 Å². The molecular weight excluding hydrogens is 314 g/mol. The molecule has 2 nitrogen and oxygen atoms in total. The molecule has 112 valence electrons. The van der Waals surface area contributed by atoms with Crippen molar-refractivity contribution in [3.63, 3.8) is 0 Å². The number of aromatic nitrogens is 1. The van der Waals surface area contributed by atoms with Gasteiger partial charge in [0.05, 0.1) is 11.3 Å². The first-order valence-electron chi connectivity index (χ1n) is 6.75. The van der Waals surface area contributed by atoms with Gasteiger partial charge < -0.3 is 0 Å². The SMILES string of the molecule is N#CC(=Cc1ccc(F)cc1)c1nc(-c2ccc(F)cc2)cs1. The highest BCUT2D eigenvalue weighted by molar-refractivity contribution is 7.11. The first-order valence-corrected chi connectivity index (χ1v) is 7.63. The van der Waals surface area contributed by atoms with Gasteiger partial charge in [-0.15, -0.1) is 11.3 Å². The topological polar surface area (TPSA) is 36.7 Å². The van der Waals surface area contributed by atoms with E-state index >= 15 is 0 Å². The Morgan fingerprint density at radius 1 is 1.00 bits per heavy atom. The zero-order valence-corrected chi connectivity index (χ0v) is 12.6. The van der Waals surface area contributed by atoms with Crippen molar-refractivity contribution in [2.45, 2.75) is 0 Å². The molecule has 23 heavy (non-hydrogen) atoms. The summed E-state index contributed by atoms with van der Waals surface area (Å²) in [6.45, 7) is 0. The lowest BCUT2D eigenvalue weighted by Gasteiger charge is -1.97. The van der Waals surface area contributed by atoms with Crippen LogP contribution in [0.2, 0.25) is 0 Å².